The summed E-state index contributed by atoms with van der Waals surface area (Å²) in [7, 11) is 1.66. The molecule has 0 saturated carbocycles. The highest BCUT2D eigenvalue weighted by Gasteiger charge is 2.25. The largest absolute Gasteiger partial charge is 0.496 e. The van der Waals surface area contributed by atoms with Gasteiger partial charge in [-0.3, -0.25) is 14.5 Å². The second-order valence-corrected chi connectivity index (χ2v) is 11.7. The molecule has 0 radical (unpaired) electrons. The fourth-order valence-electron chi connectivity index (χ4n) is 5.22. The van der Waals surface area contributed by atoms with Gasteiger partial charge >= 0.3 is 0 Å². The van der Waals surface area contributed by atoms with Crippen molar-refractivity contribution >= 4 is 17.9 Å². The van der Waals surface area contributed by atoms with Gasteiger partial charge in [-0.25, -0.2) is 4.39 Å². The first-order chi connectivity index (χ1) is 18.6. The van der Waals surface area contributed by atoms with Gasteiger partial charge in [0.15, 0.2) is 0 Å². The number of hydrogen-bond acceptors (Lipinski definition) is 4. The second-order valence-electron chi connectivity index (χ2n) is 11.7. The lowest BCUT2D eigenvalue weighted by Crippen LogP contribution is -2.50. The van der Waals surface area contributed by atoms with Crippen LogP contribution in [0.25, 0.3) is 6.08 Å². The van der Waals surface area contributed by atoms with Crippen LogP contribution >= 0.6 is 0 Å². The monoisotopic (exact) mass is 537 g/mol. The van der Waals surface area contributed by atoms with E-state index in [9.17, 15) is 14.0 Å². The maximum atomic E-state index is 14.1. The van der Waals surface area contributed by atoms with Crippen LogP contribution in [0.15, 0.2) is 54.6 Å². The molecule has 1 saturated heterocycles. The number of halogens is 1. The number of amides is 2. The lowest BCUT2D eigenvalue weighted by molar-refractivity contribution is -0.132. The molecule has 1 aliphatic rings. The number of ether oxygens (including phenoxy) is 1. The summed E-state index contributed by atoms with van der Waals surface area (Å²) in [4.78, 5) is 32.0. The zero-order valence-electron chi connectivity index (χ0n) is 24.2. The number of rotatable bonds is 11. The maximum Gasteiger partial charge on any atom is 0.256 e. The molecule has 1 fully saturated rings. The molecule has 0 aromatic heterocycles. The van der Waals surface area contributed by atoms with Crippen molar-refractivity contribution in [1.82, 2.24) is 14.7 Å². The van der Waals surface area contributed by atoms with Crippen LogP contribution < -0.4 is 4.74 Å². The quantitative estimate of drug-likeness (QED) is 0.375. The van der Waals surface area contributed by atoms with Crippen LogP contribution in [-0.2, 0) is 4.79 Å². The minimum absolute atomic E-state index is 0.119. The van der Waals surface area contributed by atoms with E-state index in [-0.39, 0.29) is 22.8 Å². The number of methoxy groups -OCH3 is 1. The van der Waals surface area contributed by atoms with Crippen LogP contribution in [0.2, 0.25) is 0 Å². The fourth-order valence-corrected chi connectivity index (χ4v) is 5.22. The molecular weight excluding hydrogens is 493 g/mol. The number of hydrogen-bond donors (Lipinski definition) is 0. The minimum atomic E-state index is -0.485. The van der Waals surface area contributed by atoms with Gasteiger partial charge in [-0.05, 0) is 36.0 Å². The Hall–Kier alpha value is -3.19. The van der Waals surface area contributed by atoms with E-state index in [1.54, 1.807) is 24.1 Å². The second kappa shape index (κ2) is 14.3. The highest BCUT2D eigenvalue weighted by atomic mass is 19.1. The van der Waals surface area contributed by atoms with E-state index >= 15 is 0 Å². The standard InChI is InChI=1S/C32H44FN3O3/c1-25(24-32(2,3)4)23-30(37)35(16-10-12-26-11-6-9-15-29(26)39-5)20-17-34-18-21-36(22-19-34)31(38)27-13-7-8-14-28(27)33/h6-15,25H,16-24H2,1-5H3/b12-10+. The Morgan fingerprint density at radius 3 is 2.38 bits per heavy atom. The van der Waals surface area contributed by atoms with Crippen molar-refractivity contribution in [3.63, 3.8) is 0 Å². The summed E-state index contributed by atoms with van der Waals surface area (Å²) < 4.78 is 19.5. The van der Waals surface area contributed by atoms with Crippen molar-refractivity contribution in [3.05, 3.63) is 71.6 Å². The summed E-state index contributed by atoms with van der Waals surface area (Å²) in [6.07, 6.45) is 5.53. The van der Waals surface area contributed by atoms with E-state index in [0.717, 1.165) is 24.3 Å². The summed E-state index contributed by atoms with van der Waals surface area (Å²) in [6.45, 7) is 13.1. The summed E-state index contributed by atoms with van der Waals surface area (Å²) >= 11 is 0. The number of carbonyl (C=O) groups is 2. The zero-order chi connectivity index (χ0) is 28.4. The normalized spacial score (nSPS) is 15.4. The average molecular weight is 538 g/mol. The number of para-hydroxylation sites is 1. The van der Waals surface area contributed by atoms with Gasteiger partial charge in [0, 0.05) is 57.8 Å². The molecule has 1 aliphatic heterocycles. The smallest absolute Gasteiger partial charge is 0.256 e. The van der Waals surface area contributed by atoms with Gasteiger partial charge in [0.05, 0.1) is 12.7 Å². The van der Waals surface area contributed by atoms with E-state index in [2.05, 4.69) is 32.6 Å². The molecule has 1 atom stereocenters. The zero-order valence-corrected chi connectivity index (χ0v) is 24.2. The summed E-state index contributed by atoms with van der Waals surface area (Å²) in [5.41, 5.74) is 1.27. The van der Waals surface area contributed by atoms with Gasteiger partial charge in [-0.2, -0.15) is 0 Å². The van der Waals surface area contributed by atoms with Crippen LogP contribution in [0.5, 0.6) is 5.75 Å². The van der Waals surface area contributed by atoms with Crippen molar-refractivity contribution in [2.75, 3.05) is 52.9 Å². The summed E-state index contributed by atoms with van der Waals surface area (Å²) in [6, 6.07) is 14.0. The number of piperazine rings is 1. The molecule has 2 aromatic rings. The Morgan fingerprint density at radius 2 is 1.72 bits per heavy atom. The molecule has 6 nitrogen and oxygen atoms in total. The molecule has 0 N–H and O–H groups in total. The van der Waals surface area contributed by atoms with Crippen molar-refractivity contribution in [3.8, 4) is 5.75 Å². The maximum absolute atomic E-state index is 14.1. The van der Waals surface area contributed by atoms with E-state index in [1.807, 2.05) is 41.3 Å². The molecule has 0 bridgehead atoms. The molecule has 0 aliphatic carbocycles. The Labute approximate surface area is 233 Å². The first-order valence-electron chi connectivity index (χ1n) is 13.9. The molecule has 1 unspecified atom stereocenters. The molecular formula is C32H44FN3O3. The number of carbonyl (C=O) groups excluding carboxylic acids is 2. The van der Waals surface area contributed by atoms with E-state index < -0.39 is 5.82 Å². The Balaban J connectivity index is 1.59. The number of benzene rings is 2. The SMILES string of the molecule is COc1ccccc1/C=C/CN(CCN1CCN(C(=O)c2ccccc2F)CC1)C(=O)CC(C)CC(C)(C)C. The third kappa shape index (κ3) is 9.50. The third-order valence-corrected chi connectivity index (χ3v) is 7.05. The van der Waals surface area contributed by atoms with Crippen LogP contribution in [0.3, 0.4) is 0 Å². The summed E-state index contributed by atoms with van der Waals surface area (Å²) in [5.74, 6) is 0.504. The van der Waals surface area contributed by atoms with Crippen LogP contribution in [0.4, 0.5) is 4.39 Å². The van der Waals surface area contributed by atoms with Crippen LogP contribution in [-0.4, -0.2) is 79.4 Å². The lowest BCUT2D eigenvalue weighted by Gasteiger charge is -2.36. The first-order valence-corrected chi connectivity index (χ1v) is 13.9. The van der Waals surface area contributed by atoms with E-state index in [4.69, 9.17) is 4.74 Å². The van der Waals surface area contributed by atoms with Crippen molar-refractivity contribution in [1.29, 1.82) is 0 Å². The van der Waals surface area contributed by atoms with Gasteiger partial charge in [0.25, 0.3) is 5.91 Å². The topological polar surface area (TPSA) is 53.1 Å². The van der Waals surface area contributed by atoms with E-state index in [0.29, 0.717) is 51.6 Å². The Bertz CT molecular complexity index is 1120. The minimum Gasteiger partial charge on any atom is -0.496 e. The lowest BCUT2D eigenvalue weighted by atomic mass is 9.84. The molecule has 39 heavy (non-hydrogen) atoms. The average Bonchev–Trinajstić information content (AvgIpc) is 2.89. The Morgan fingerprint density at radius 1 is 1.05 bits per heavy atom. The number of nitrogens with zero attached hydrogens (tertiary/aromatic N) is 3. The molecule has 2 aromatic carbocycles. The predicted octanol–water partition coefficient (Wildman–Crippen LogP) is 5.60. The van der Waals surface area contributed by atoms with Gasteiger partial charge in [0.2, 0.25) is 5.91 Å². The highest BCUT2D eigenvalue weighted by molar-refractivity contribution is 5.94. The van der Waals surface area contributed by atoms with E-state index in [1.165, 1.54) is 12.1 Å². The van der Waals surface area contributed by atoms with Crippen molar-refractivity contribution < 1.29 is 18.7 Å². The van der Waals surface area contributed by atoms with Gasteiger partial charge in [-0.1, -0.05) is 70.2 Å². The first kappa shape index (κ1) is 30.4. The van der Waals surface area contributed by atoms with Crippen molar-refractivity contribution in [2.45, 2.75) is 40.5 Å². The summed E-state index contributed by atoms with van der Waals surface area (Å²) in [5, 5.41) is 0. The molecule has 2 amide bonds. The van der Waals surface area contributed by atoms with Crippen molar-refractivity contribution in [2.24, 2.45) is 11.3 Å². The fraction of sp³-hybridized carbons (Fsp3) is 0.500. The van der Waals surface area contributed by atoms with Gasteiger partial charge in [0.1, 0.15) is 11.6 Å². The van der Waals surface area contributed by atoms with Crippen LogP contribution in [0, 0.1) is 17.2 Å². The van der Waals surface area contributed by atoms with Gasteiger partial charge < -0.3 is 14.5 Å². The Kier molecular flexibility index (Phi) is 11.1. The molecule has 1 heterocycles. The highest BCUT2D eigenvalue weighted by Crippen LogP contribution is 2.26. The molecule has 212 valence electrons. The molecule has 7 heteroatoms. The molecule has 3 rings (SSSR count). The van der Waals surface area contributed by atoms with Gasteiger partial charge in [-0.15, -0.1) is 0 Å². The van der Waals surface area contributed by atoms with Crippen LogP contribution in [0.1, 0.15) is 56.5 Å². The molecule has 0 spiro atoms. The third-order valence-electron chi connectivity index (χ3n) is 7.05. The predicted molar refractivity (Wildman–Crippen MR) is 155 cm³/mol.